The molecule has 1 amide bonds. The molecular weight excluding hydrogens is 284 g/mol. The van der Waals surface area contributed by atoms with Crippen molar-refractivity contribution in [1.82, 2.24) is 29.7 Å². The molecule has 116 valence electrons. The molecule has 2 aromatic heterocycles. The number of nitrogens with zero attached hydrogens (tertiary/aromatic N) is 5. The highest BCUT2D eigenvalue weighted by Crippen LogP contribution is 2.14. The van der Waals surface area contributed by atoms with Gasteiger partial charge in [-0.3, -0.25) is 14.7 Å². The number of nitrogens with one attached hydrogen (secondary N) is 1. The second-order valence-corrected chi connectivity index (χ2v) is 5.43. The van der Waals surface area contributed by atoms with Crippen LogP contribution in [0.5, 0.6) is 0 Å². The van der Waals surface area contributed by atoms with Gasteiger partial charge in [-0.05, 0) is 0 Å². The van der Waals surface area contributed by atoms with Crippen molar-refractivity contribution in [2.24, 2.45) is 7.05 Å². The van der Waals surface area contributed by atoms with E-state index in [9.17, 15) is 9.90 Å². The third-order valence-electron chi connectivity index (χ3n) is 3.78. The van der Waals surface area contributed by atoms with Crippen molar-refractivity contribution in [3.05, 3.63) is 42.5 Å². The molecule has 8 heteroatoms. The van der Waals surface area contributed by atoms with E-state index in [1.54, 1.807) is 12.5 Å². The Bertz CT molecular complexity index is 644. The van der Waals surface area contributed by atoms with Crippen molar-refractivity contribution in [2.45, 2.75) is 18.7 Å². The highest BCUT2D eigenvalue weighted by Gasteiger charge is 2.33. The Morgan fingerprint density at radius 2 is 2.23 bits per heavy atom. The van der Waals surface area contributed by atoms with E-state index in [-0.39, 0.29) is 17.6 Å². The number of hydrogen-bond acceptors (Lipinski definition) is 6. The number of aryl methyl sites for hydroxylation is 1. The third kappa shape index (κ3) is 3.12. The van der Waals surface area contributed by atoms with Gasteiger partial charge < -0.3 is 15.0 Å². The minimum absolute atomic E-state index is 0.250. The van der Waals surface area contributed by atoms with E-state index in [0.717, 1.165) is 5.69 Å². The van der Waals surface area contributed by atoms with Crippen molar-refractivity contribution in [3.8, 4) is 0 Å². The van der Waals surface area contributed by atoms with Crippen LogP contribution in [0.25, 0.3) is 0 Å². The number of hydrogen-bond donors (Lipinski definition) is 2. The monoisotopic (exact) mass is 302 g/mol. The Hall–Kier alpha value is -2.32. The summed E-state index contributed by atoms with van der Waals surface area (Å²) in [6, 6.07) is -0.317. The Morgan fingerprint density at radius 3 is 2.91 bits per heavy atom. The van der Waals surface area contributed by atoms with Gasteiger partial charge in [0, 0.05) is 45.3 Å². The van der Waals surface area contributed by atoms with Gasteiger partial charge in [-0.2, -0.15) is 0 Å². The zero-order valence-corrected chi connectivity index (χ0v) is 12.3. The first-order valence-electron chi connectivity index (χ1n) is 7.06. The molecule has 0 aliphatic carbocycles. The molecule has 1 aliphatic rings. The minimum Gasteiger partial charge on any atom is -0.390 e. The quantitative estimate of drug-likeness (QED) is 0.766. The molecule has 2 N–H and O–H groups in total. The molecule has 22 heavy (non-hydrogen) atoms. The highest BCUT2D eigenvalue weighted by atomic mass is 16.3. The van der Waals surface area contributed by atoms with E-state index in [1.807, 2.05) is 11.6 Å². The van der Waals surface area contributed by atoms with E-state index in [1.165, 1.54) is 18.6 Å². The first-order valence-corrected chi connectivity index (χ1v) is 7.06. The number of carbonyl (C=O) groups is 1. The van der Waals surface area contributed by atoms with Crippen molar-refractivity contribution < 1.29 is 9.90 Å². The van der Waals surface area contributed by atoms with Gasteiger partial charge in [0.15, 0.2) is 0 Å². The first-order chi connectivity index (χ1) is 10.6. The summed E-state index contributed by atoms with van der Waals surface area (Å²) >= 11 is 0. The lowest BCUT2D eigenvalue weighted by Gasteiger charge is -2.16. The zero-order chi connectivity index (χ0) is 15.5. The maximum Gasteiger partial charge on any atom is 0.271 e. The Labute approximate surface area is 127 Å². The number of aliphatic hydroxyl groups is 1. The average molecular weight is 302 g/mol. The summed E-state index contributed by atoms with van der Waals surface area (Å²) < 4.78 is 1.94. The van der Waals surface area contributed by atoms with Gasteiger partial charge in [-0.15, -0.1) is 0 Å². The zero-order valence-electron chi connectivity index (χ0n) is 12.3. The fourth-order valence-electron chi connectivity index (χ4n) is 2.56. The number of β-amino-alcohol motifs (C(OH)–C–C–N with tert-alkyl or cyclic N) is 1. The first kappa shape index (κ1) is 14.6. The Balaban J connectivity index is 1.59. The molecule has 0 spiro atoms. The molecule has 2 aromatic rings. The van der Waals surface area contributed by atoms with Crippen molar-refractivity contribution in [2.75, 3.05) is 13.1 Å². The van der Waals surface area contributed by atoms with Gasteiger partial charge in [0.25, 0.3) is 5.91 Å². The largest absolute Gasteiger partial charge is 0.390 e. The van der Waals surface area contributed by atoms with Crippen LogP contribution in [-0.4, -0.2) is 60.7 Å². The van der Waals surface area contributed by atoms with E-state index in [0.29, 0.717) is 19.6 Å². The van der Waals surface area contributed by atoms with Crippen LogP contribution in [0.3, 0.4) is 0 Å². The summed E-state index contributed by atoms with van der Waals surface area (Å²) in [5.74, 6) is -0.320. The van der Waals surface area contributed by atoms with Gasteiger partial charge >= 0.3 is 0 Å². The van der Waals surface area contributed by atoms with Crippen LogP contribution >= 0.6 is 0 Å². The second kappa shape index (κ2) is 6.20. The number of likely N-dealkylation sites (tertiary alicyclic amines) is 1. The smallest absolute Gasteiger partial charge is 0.271 e. The fourth-order valence-corrected chi connectivity index (χ4v) is 2.56. The van der Waals surface area contributed by atoms with Crippen LogP contribution in [0.4, 0.5) is 0 Å². The molecule has 1 fully saturated rings. The van der Waals surface area contributed by atoms with Crippen LogP contribution < -0.4 is 5.32 Å². The van der Waals surface area contributed by atoms with Crippen molar-refractivity contribution >= 4 is 5.91 Å². The molecule has 1 saturated heterocycles. The normalized spacial score (nSPS) is 21.9. The van der Waals surface area contributed by atoms with E-state index < -0.39 is 6.10 Å². The maximum absolute atomic E-state index is 12.1. The topological polar surface area (TPSA) is 96.2 Å². The third-order valence-corrected chi connectivity index (χ3v) is 3.78. The molecule has 0 unspecified atom stereocenters. The van der Waals surface area contributed by atoms with Crippen LogP contribution in [0.1, 0.15) is 16.2 Å². The minimum atomic E-state index is -0.603. The van der Waals surface area contributed by atoms with Gasteiger partial charge in [-0.1, -0.05) is 0 Å². The number of imidazole rings is 1. The molecule has 0 bridgehead atoms. The summed E-state index contributed by atoms with van der Waals surface area (Å²) in [7, 11) is 1.93. The van der Waals surface area contributed by atoms with Crippen LogP contribution in [0, 0.1) is 0 Å². The molecule has 0 aromatic carbocycles. The molecule has 0 radical (unpaired) electrons. The van der Waals surface area contributed by atoms with Crippen LogP contribution in [-0.2, 0) is 13.6 Å². The molecule has 1 aliphatic heterocycles. The SMILES string of the molecule is Cn1cncc1CN1C[C@@H](O)[C@H](NC(=O)c2cnccn2)C1. The van der Waals surface area contributed by atoms with Gasteiger partial charge in [0.2, 0.25) is 0 Å². The average Bonchev–Trinajstić information content (AvgIpc) is 3.07. The molecule has 8 nitrogen and oxygen atoms in total. The summed E-state index contributed by atoms with van der Waals surface area (Å²) in [4.78, 5) is 26.1. The van der Waals surface area contributed by atoms with Gasteiger partial charge in [-0.25, -0.2) is 9.97 Å². The van der Waals surface area contributed by atoms with E-state index in [4.69, 9.17) is 0 Å². The number of amides is 1. The van der Waals surface area contributed by atoms with E-state index >= 15 is 0 Å². The van der Waals surface area contributed by atoms with E-state index in [2.05, 4.69) is 25.2 Å². The number of rotatable bonds is 4. The Morgan fingerprint density at radius 1 is 1.36 bits per heavy atom. The summed E-state index contributed by atoms with van der Waals surface area (Å²) in [5.41, 5.74) is 1.31. The molecule has 0 saturated carbocycles. The fraction of sp³-hybridized carbons (Fsp3) is 0.429. The Kier molecular flexibility index (Phi) is 4.12. The van der Waals surface area contributed by atoms with Gasteiger partial charge in [0.1, 0.15) is 5.69 Å². The lowest BCUT2D eigenvalue weighted by molar-refractivity contribution is 0.0883. The molecule has 3 heterocycles. The lowest BCUT2D eigenvalue weighted by Crippen LogP contribution is -2.43. The number of aliphatic hydroxyl groups excluding tert-OH is 1. The van der Waals surface area contributed by atoms with Crippen molar-refractivity contribution in [3.63, 3.8) is 0 Å². The standard InChI is InChI=1S/C14H18N6O2/c1-19-9-16-4-10(19)6-20-7-12(13(21)8-20)18-14(22)11-5-15-2-3-17-11/h2-5,9,12-13,21H,6-8H2,1H3,(H,18,22)/t12-,13-/m1/s1. The second-order valence-electron chi connectivity index (χ2n) is 5.43. The predicted octanol–water partition coefficient (Wildman–Crippen LogP) is -0.815. The van der Waals surface area contributed by atoms with Crippen molar-refractivity contribution in [1.29, 1.82) is 0 Å². The number of carbonyl (C=O) groups excluding carboxylic acids is 1. The highest BCUT2D eigenvalue weighted by molar-refractivity contribution is 5.92. The van der Waals surface area contributed by atoms with Crippen LogP contribution in [0.2, 0.25) is 0 Å². The molecule has 3 rings (SSSR count). The maximum atomic E-state index is 12.1. The summed E-state index contributed by atoms with van der Waals surface area (Å²) in [5, 5.41) is 13.0. The van der Waals surface area contributed by atoms with Gasteiger partial charge in [0.05, 0.1) is 30.4 Å². The molecule has 2 atom stereocenters. The predicted molar refractivity (Wildman–Crippen MR) is 77.8 cm³/mol. The lowest BCUT2D eigenvalue weighted by atomic mass is 10.2. The molecular formula is C14H18N6O2. The van der Waals surface area contributed by atoms with Crippen LogP contribution in [0.15, 0.2) is 31.1 Å². The summed E-state index contributed by atoms with van der Waals surface area (Å²) in [6.07, 6.45) is 7.33. The summed E-state index contributed by atoms with van der Waals surface area (Å²) in [6.45, 7) is 1.78. The number of aromatic nitrogens is 4.